The normalized spacial score (nSPS) is 12.6. The Morgan fingerprint density at radius 1 is 1.27 bits per heavy atom. The summed E-state index contributed by atoms with van der Waals surface area (Å²) < 4.78 is 30.9. The number of rotatable bonds is 5. The van der Waals surface area contributed by atoms with Gasteiger partial charge in [0.2, 0.25) is 5.91 Å². The van der Waals surface area contributed by atoms with Crippen molar-refractivity contribution in [2.24, 2.45) is 5.41 Å². The summed E-state index contributed by atoms with van der Waals surface area (Å²) in [6.07, 6.45) is 0. The number of benzene rings is 1. The van der Waals surface area contributed by atoms with Crippen LogP contribution in [0.15, 0.2) is 18.2 Å². The maximum Gasteiger partial charge on any atom is 0.323 e. The SMILES string of the molecule is COC(=O)[C@@H](NCC(=O)Nc1ccc(F)cc1F)C(C)(C)C. The van der Waals surface area contributed by atoms with Gasteiger partial charge < -0.3 is 10.1 Å². The quantitative estimate of drug-likeness (QED) is 0.817. The molecule has 0 bridgehead atoms. The Morgan fingerprint density at radius 2 is 1.91 bits per heavy atom. The van der Waals surface area contributed by atoms with Crippen LogP contribution < -0.4 is 10.6 Å². The molecule has 0 fully saturated rings. The molecule has 2 N–H and O–H groups in total. The maximum atomic E-state index is 13.4. The summed E-state index contributed by atoms with van der Waals surface area (Å²) in [6, 6.07) is 2.15. The van der Waals surface area contributed by atoms with E-state index in [1.807, 2.05) is 20.8 Å². The van der Waals surface area contributed by atoms with Crippen molar-refractivity contribution in [2.45, 2.75) is 26.8 Å². The highest BCUT2D eigenvalue weighted by Gasteiger charge is 2.32. The van der Waals surface area contributed by atoms with Crippen molar-refractivity contribution in [1.82, 2.24) is 5.32 Å². The molecule has 1 aromatic carbocycles. The molecule has 7 heteroatoms. The van der Waals surface area contributed by atoms with Crippen molar-refractivity contribution in [2.75, 3.05) is 19.0 Å². The molecule has 22 heavy (non-hydrogen) atoms. The van der Waals surface area contributed by atoms with Crippen molar-refractivity contribution in [3.8, 4) is 0 Å². The summed E-state index contributed by atoms with van der Waals surface area (Å²) in [5.74, 6) is -2.64. The zero-order valence-corrected chi connectivity index (χ0v) is 13.0. The van der Waals surface area contributed by atoms with Gasteiger partial charge in [-0.2, -0.15) is 0 Å². The molecule has 0 spiro atoms. The molecule has 0 unspecified atom stereocenters. The number of nitrogens with one attached hydrogen (secondary N) is 2. The van der Waals surface area contributed by atoms with Gasteiger partial charge in [0.15, 0.2) is 0 Å². The van der Waals surface area contributed by atoms with E-state index in [0.29, 0.717) is 6.07 Å². The summed E-state index contributed by atoms with van der Waals surface area (Å²) >= 11 is 0. The number of methoxy groups -OCH3 is 1. The van der Waals surface area contributed by atoms with Crippen molar-refractivity contribution in [1.29, 1.82) is 0 Å². The molecule has 0 aliphatic carbocycles. The minimum Gasteiger partial charge on any atom is -0.468 e. The molecule has 0 radical (unpaired) electrons. The number of carbonyl (C=O) groups excluding carboxylic acids is 2. The van der Waals surface area contributed by atoms with E-state index in [4.69, 9.17) is 0 Å². The van der Waals surface area contributed by atoms with Gasteiger partial charge in [-0.15, -0.1) is 0 Å². The smallest absolute Gasteiger partial charge is 0.323 e. The second-order valence-electron chi connectivity index (χ2n) is 5.88. The Bertz CT molecular complexity index is 556. The number of amides is 1. The van der Waals surface area contributed by atoms with Crippen LogP contribution in [0, 0.1) is 17.0 Å². The van der Waals surface area contributed by atoms with Gasteiger partial charge in [0, 0.05) is 6.07 Å². The second-order valence-corrected chi connectivity index (χ2v) is 5.88. The summed E-state index contributed by atoms with van der Waals surface area (Å²) in [6.45, 7) is 5.24. The Labute approximate surface area is 128 Å². The van der Waals surface area contributed by atoms with E-state index in [1.165, 1.54) is 7.11 Å². The van der Waals surface area contributed by atoms with Crippen LogP contribution in [0.5, 0.6) is 0 Å². The first kappa shape index (κ1) is 18.0. The Morgan fingerprint density at radius 3 is 2.41 bits per heavy atom. The molecule has 0 heterocycles. The van der Waals surface area contributed by atoms with E-state index < -0.39 is 35.0 Å². The van der Waals surface area contributed by atoms with Crippen LogP contribution in [0.25, 0.3) is 0 Å². The first-order chi connectivity index (χ1) is 10.1. The van der Waals surface area contributed by atoms with Gasteiger partial charge in [0.25, 0.3) is 0 Å². The number of ether oxygens (including phenoxy) is 1. The van der Waals surface area contributed by atoms with Crippen LogP contribution >= 0.6 is 0 Å². The molecule has 1 atom stereocenters. The maximum absolute atomic E-state index is 13.4. The van der Waals surface area contributed by atoms with E-state index >= 15 is 0 Å². The van der Waals surface area contributed by atoms with Crippen molar-refractivity contribution >= 4 is 17.6 Å². The number of hydrogen-bond donors (Lipinski definition) is 2. The van der Waals surface area contributed by atoms with Gasteiger partial charge >= 0.3 is 5.97 Å². The number of halogens is 2. The number of hydrogen-bond acceptors (Lipinski definition) is 4. The monoisotopic (exact) mass is 314 g/mol. The van der Waals surface area contributed by atoms with Crippen molar-refractivity contribution in [3.63, 3.8) is 0 Å². The van der Waals surface area contributed by atoms with Gasteiger partial charge in [0.05, 0.1) is 19.3 Å². The molecular weight excluding hydrogens is 294 g/mol. The lowest BCUT2D eigenvalue weighted by Gasteiger charge is -2.28. The van der Waals surface area contributed by atoms with E-state index in [-0.39, 0.29) is 12.2 Å². The molecule has 1 amide bonds. The van der Waals surface area contributed by atoms with Crippen LogP contribution in [-0.4, -0.2) is 31.6 Å². The third-order valence-electron chi connectivity index (χ3n) is 2.97. The highest BCUT2D eigenvalue weighted by molar-refractivity contribution is 5.92. The van der Waals surface area contributed by atoms with E-state index in [9.17, 15) is 18.4 Å². The van der Waals surface area contributed by atoms with Crippen molar-refractivity contribution < 1.29 is 23.1 Å². The Balaban J connectivity index is 2.66. The fourth-order valence-electron chi connectivity index (χ4n) is 1.84. The van der Waals surface area contributed by atoms with Crippen LogP contribution in [0.1, 0.15) is 20.8 Å². The zero-order valence-electron chi connectivity index (χ0n) is 13.0. The minimum absolute atomic E-state index is 0.126. The lowest BCUT2D eigenvalue weighted by Crippen LogP contribution is -2.49. The number of anilines is 1. The van der Waals surface area contributed by atoms with Gasteiger partial charge in [0.1, 0.15) is 17.7 Å². The summed E-state index contributed by atoms with van der Waals surface area (Å²) in [7, 11) is 1.26. The fourth-order valence-corrected chi connectivity index (χ4v) is 1.84. The zero-order chi connectivity index (χ0) is 16.9. The van der Waals surface area contributed by atoms with Crippen LogP contribution in [-0.2, 0) is 14.3 Å². The molecule has 1 rings (SSSR count). The molecule has 0 aromatic heterocycles. The Hall–Kier alpha value is -2.02. The third kappa shape index (κ3) is 5.07. The third-order valence-corrected chi connectivity index (χ3v) is 2.97. The number of esters is 1. The predicted octanol–water partition coefficient (Wildman–Crippen LogP) is 2.08. The lowest BCUT2D eigenvalue weighted by molar-refractivity contribution is -0.146. The minimum atomic E-state index is -0.867. The van der Waals surface area contributed by atoms with E-state index in [1.54, 1.807) is 0 Å². The van der Waals surface area contributed by atoms with E-state index in [2.05, 4.69) is 15.4 Å². The molecular formula is C15H20F2N2O3. The predicted molar refractivity (Wildman–Crippen MR) is 78.2 cm³/mol. The standard InChI is InChI=1S/C15H20F2N2O3/c1-15(2,3)13(14(21)22-4)18-8-12(20)19-11-6-5-9(16)7-10(11)17/h5-7,13,18H,8H2,1-4H3,(H,19,20)/t13-/m1/s1. The summed E-state index contributed by atoms with van der Waals surface area (Å²) in [5.41, 5.74) is -0.590. The molecule has 0 saturated carbocycles. The highest BCUT2D eigenvalue weighted by atomic mass is 19.1. The average molecular weight is 314 g/mol. The molecule has 0 saturated heterocycles. The van der Waals surface area contributed by atoms with Crippen LogP contribution in [0.4, 0.5) is 14.5 Å². The van der Waals surface area contributed by atoms with Gasteiger partial charge in [-0.3, -0.25) is 14.9 Å². The first-order valence-electron chi connectivity index (χ1n) is 6.71. The van der Waals surface area contributed by atoms with Crippen molar-refractivity contribution in [3.05, 3.63) is 29.8 Å². The molecule has 0 aliphatic heterocycles. The van der Waals surface area contributed by atoms with Crippen LogP contribution in [0.2, 0.25) is 0 Å². The lowest BCUT2D eigenvalue weighted by atomic mass is 9.87. The molecule has 0 aliphatic rings. The van der Waals surface area contributed by atoms with Gasteiger partial charge in [-0.25, -0.2) is 8.78 Å². The van der Waals surface area contributed by atoms with Gasteiger partial charge in [-0.05, 0) is 17.5 Å². The molecule has 5 nitrogen and oxygen atoms in total. The topological polar surface area (TPSA) is 67.4 Å². The Kier molecular flexibility index (Phi) is 5.99. The second kappa shape index (κ2) is 7.31. The highest BCUT2D eigenvalue weighted by Crippen LogP contribution is 2.20. The summed E-state index contributed by atoms with van der Waals surface area (Å²) in [5, 5.41) is 5.08. The number of carbonyl (C=O) groups is 2. The largest absolute Gasteiger partial charge is 0.468 e. The summed E-state index contributed by atoms with van der Waals surface area (Å²) in [4.78, 5) is 23.5. The molecule has 1 aromatic rings. The average Bonchev–Trinajstić information content (AvgIpc) is 2.40. The first-order valence-corrected chi connectivity index (χ1v) is 6.71. The van der Waals surface area contributed by atoms with E-state index in [0.717, 1.165) is 12.1 Å². The fraction of sp³-hybridized carbons (Fsp3) is 0.467. The van der Waals surface area contributed by atoms with Gasteiger partial charge in [-0.1, -0.05) is 20.8 Å². The van der Waals surface area contributed by atoms with Crippen LogP contribution in [0.3, 0.4) is 0 Å². The molecule has 122 valence electrons.